The van der Waals surface area contributed by atoms with Gasteiger partial charge in [0.1, 0.15) is 5.82 Å². The van der Waals surface area contributed by atoms with Gasteiger partial charge in [-0.1, -0.05) is 0 Å². The average molecular weight is 510 g/mol. The SMILES string of the molecule is CC(C)(C(=O)NC1C2CC3CC1CC(C(=O)NO)(C3)C2)N1CCN(c2ccc(C(F)(F)F)cn2)CC1. The number of anilines is 1. The lowest BCUT2D eigenvalue weighted by molar-refractivity contribution is -0.159. The van der Waals surface area contributed by atoms with Gasteiger partial charge in [-0.05, 0) is 75.8 Å². The number of aromatic nitrogens is 1. The molecule has 2 amide bonds. The molecule has 1 aromatic rings. The van der Waals surface area contributed by atoms with E-state index >= 15 is 0 Å². The van der Waals surface area contributed by atoms with Crippen LogP contribution in [0.4, 0.5) is 19.0 Å². The minimum absolute atomic E-state index is 0.0329. The van der Waals surface area contributed by atoms with Crippen molar-refractivity contribution in [1.82, 2.24) is 20.7 Å². The molecule has 1 saturated heterocycles. The number of amides is 2. The van der Waals surface area contributed by atoms with Crippen molar-refractivity contribution in [3.05, 3.63) is 23.9 Å². The van der Waals surface area contributed by atoms with Gasteiger partial charge in [-0.3, -0.25) is 19.7 Å². The number of halogens is 3. The quantitative estimate of drug-likeness (QED) is 0.417. The second-order valence-electron chi connectivity index (χ2n) is 11.6. The number of hydrogen-bond acceptors (Lipinski definition) is 6. The minimum Gasteiger partial charge on any atom is -0.354 e. The van der Waals surface area contributed by atoms with E-state index in [1.807, 2.05) is 24.2 Å². The van der Waals surface area contributed by atoms with Crippen LogP contribution in [0.15, 0.2) is 18.3 Å². The Morgan fingerprint density at radius 1 is 1.06 bits per heavy atom. The van der Waals surface area contributed by atoms with E-state index in [0.29, 0.717) is 50.8 Å². The Morgan fingerprint density at radius 3 is 2.22 bits per heavy atom. The standard InChI is InChI=1S/C25H34F3N5O3/c1-23(2,33-7-5-32(6-8-33)19-4-3-18(14-29-19)25(26,27)28)21(34)30-20-16-9-15-10-17(20)13-24(11-15,12-16)22(35)31-36/h3-4,14-17,20,36H,5-13H2,1-2H3,(H,30,34)(H,31,35). The Morgan fingerprint density at radius 2 is 1.69 bits per heavy atom. The summed E-state index contributed by atoms with van der Waals surface area (Å²) < 4.78 is 38.5. The number of hydroxylamine groups is 1. The van der Waals surface area contributed by atoms with E-state index in [4.69, 9.17) is 0 Å². The Hall–Kier alpha value is -2.40. The molecule has 0 spiro atoms. The van der Waals surface area contributed by atoms with Gasteiger partial charge >= 0.3 is 6.18 Å². The maximum absolute atomic E-state index is 13.5. The summed E-state index contributed by atoms with van der Waals surface area (Å²) in [6.07, 6.45) is 0.648. The monoisotopic (exact) mass is 509 g/mol. The second kappa shape index (κ2) is 8.86. The smallest absolute Gasteiger partial charge is 0.354 e. The second-order valence-corrected chi connectivity index (χ2v) is 11.6. The van der Waals surface area contributed by atoms with E-state index in [9.17, 15) is 28.0 Å². The van der Waals surface area contributed by atoms with Crippen molar-refractivity contribution in [2.75, 3.05) is 31.1 Å². The lowest BCUT2D eigenvalue weighted by Crippen LogP contribution is -2.66. The van der Waals surface area contributed by atoms with Crippen LogP contribution in [0.3, 0.4) is 0 Å². The van der Waals surface area contributed by atoms with E-state index in [1.165, 1.54) is 6.07 Å². The van der Waals surface area contributed by atoms with Crippen LogP contribution < -0.4 is 15.7 Å². The highest BCUT2D eigenvalue weighted by atomic mass is 19.4. The molecular weight excluding hydrogens is 475 g/mol. The molecule has 2 heterocycles. The molecule has 4 aliphatic carbocycles. The number of piperazine rings is 1. The molecule has 5 aliphatic rings. The molecule has 0 aromatic carbocycles. The molecule has 1 aliphatic heterocycles. The predicted molar refractivity (Wildman–Crippen MR) is 125 cm³/mol. The molecule has 4 saturated carbocycles. The molecule has 2 unspecified atom stereocenters. The summed E-state index contributed by atoms with van der Waals surface area (Å²) in [5.41, 5.74) is -0.155. The first-order valence-electron chi connectivity index (χ1n) is 12.7. The normalized spacial score (nSPS) is 32.4. The van der Waals surface area contributed by atoms with Crippen molar-refractivity contribution in [2.24, 2.45) is 23.2 Å². The van der Waals surface area contributed by atoms with Gasteiger partial charge in [-0.15, -0.1) is 0 Å². The van der Waals surface area contributed by atoms with E-state index < -0.39 is 22.7 Å². The van der Waals surface area contributed by atoms with Crippen molar-refractivity contribution < 1.29 is 28.0 Å². The zero-order chi connectivity index (χ0) is 25.9. The summed E-state index contributed by atoms with van der Waals surface area (Å²) in [5, 5.41) is 12.6. The molecule has 4 bridgehead atoms. The van der Waals surface area contributed by atoms with Crippen molar-refractivity contribution in [3.8, 4) is 0 Å². The van der Waals surface area contributed by atoms with Crippen LogP contribution in [-0.2, 0) is 15.8 Å². The zero-order valence-corrected chi connectivity index (χ0v) is 20.6. The first kappa shape index (κ1) is 25.3. The summed E-state index contributed by atoms with van der Waals surface area (Å²) >= 11 is 0. The Balaban J connectivity index is 1.19. The van der Waals surface area contributed by atoms with Gasteiger partial charge in [0.25, 0.3) is 0 Å². The fraction of sp³-hybridized carbons (Fsp3) is 0.720. The number of carbonyl (C=O) groups is 2. The van der Waals surface area contributed by atoms with Gasteiger partial charge in [0, 0.05) is 38.4 Å². The van der Waals surface area contributed by atoms with Crippen LogP contribution in [0.25, 0.3) is 0 Å². The van der Waals surface area contributed by atoms with Crippen LogP contribution in [0, 0.1) is 23.2 Å². The fourth-order valence-corrected chi connectivity index (χ4v) is 7.36. The first-order chi connectivity index (χ1) is 16.9. The van der Waals surface area contributed by atoms with Crippen molar-refractivity contribution in [1.29, 1.82) is 0 Å². The predicted octanol–water partition coefficient (Wildman–Crippen LogP) is 2.82. The van der Waals surface area contributed by atoms with Gasteiger partial charge in [-0.25, -0.2) is 10.5 Å². The van der Waals surface area contributed by atoms with Crippen molar-refractivity contribution >= 4 is 17.6 Å². The molecule has 1 aromatic heterocycles. The van der Waals surface area contributed by atoms with Gasteiger partial charge < -0.3 is 10.2 Å². The first-order valence-corrected chi connectivity index (χ1v) is 12.7. The van der Waals surface area contributed by atoms with Crippen LogP contribution in [0.5, 0.6) is 0 Å². The molecule has 0 radical (unpaired) electrons. The highest BCUT2D eigenvalue weighted by Crippen LogP contribution is 2.60. The maximum atomic E-state index is 13.5. The molecule has 36 heavy (non-hydrogen) atoms. The van der Waals surface area contributed by atoms with E-state index in [0.717, 1.165) is 31.5 Å². The highest BCUT2D eigenvalue weighted by Gasteiger charge is 2.59. The number of hydrogen-bond donors (Lipinski definition) is 3. The molecular formula is C25H34F3N5O3. The van der Waals surface area contributed by atoms with E-state index in [1.54, 1.807) is 0 Å². The van der Waals surface area contributed by atoms with Gasteiger partial charge in [-0.2, -0.15) is 13.2 Å². The summed E-state index contributed by atoms with van der Waals surface area (Å²) in [6, 6.07) is 2.48. The number of nitrogens with zero attached hydrogens (tertiary/aromatic N) is 3. The summed E-state index contributed by atoms with van der Waals surface area (Å²) in [5.74, 6) is 1.10. The molecule has 11 heteroatoms. The molecule has 6 rings (SSSR count). The number of rotatable bonds is 5. The van der Waals surface area contributed by atoms with Crippen LogP contribution in [-0.4, -0.2) is 64.7 Å². The lowest BCUT2D eigenvalue weighted by Gasteiger charge is -2.59. The van der Waals surface area contributed by atoms with Gasteiger partial charge in [0.05, 0.1) is 16.5 Å². The molecule has 5 fully saturated rings. The summed E-state index contributed by atoms with van der Waals surface area (Å²) in [6.45, 7) is 6.11. The van der Waals surface area contributed by atoms with Gasteiger partial charge in [0.15, 0.2) is 0 Å². The van der Waals surface area contributed by atoms with Gasteiger partial charge in [0.2, 0.25) is 11.8 Å². The third kappa shape index (κ3) is 4.34. The highest BCUT2D eigenvalue weighted by molar-refractivity contribution is 5.86. The maximum Gasteiger partial charge on any atom is 0.417 e. The lowest BCUT2D eigenvalue weighted by atomic mass is 9.47. The summed E-state index contributed by atoms with van der Waals surface area (Å²) in [7, 11) is 0. The Kier molecular flexibility index (Phi) is 6.22. The fourth-order valence-electron chi connectivity index (χ4n) is 7.36. The number of carbonyl (C=O) groups excluding carboxylic acids is 2. The largest absolute Gasteiger partial charge is 0.417 e. The third-order valence-electron chi connectivity index (χ3n) is 9.18. The third-order valence-corrected chi connectivity index (χ3v) is 9.18. The number of nitrogens with one attached hydrogen (secondary N) is 2. The zero-order valence-electron chi connectivity index (χ0n) is 20.6. The van der Waals surface area contributed by atoms with E-state index in [2.05, 4.69) is 15.2 Å². The van der Waals surface area contributed by atoms with Crippen molar-refractivity contribution in [3.63, 3.8) is 0 Å². The summed E-state index contributed by atoms with van der Waals surface area (Å²) in [4.78, 5) is 34.0. The minimum atomic E-state index is -4.41. The van der Waals surface area contributed by atoms with Crippen LogP contribution >= 0.6 is 0 Å². The molecule has 8 nitrogen and oxygen atoms in total. The molecule has 198 valence electrons. The van der Waals surface area contributed by atoms with Crippen LogP contribution in [0.2, 0.25) is 0 Å². The number of pyridine rings is 1. The van der Waals surface area contributed by atoms with Crippen molar-refractivity contribution in [2.45, 2.75) is 63.7 Å². The Bertz CT molecular complexity index is 991. The van der Waals surface area contributed by atoms with Crippen LogP contribution in [0.1, 0.15) is 51.5 Å². The molecule has 2 atom stereocenters. The Labute approximate surface area is 208 Å². The van der Waals surface area contributed by atoms with E-state index in [-0.39, 0.29) is 29.7 Å². The molecule has 3 N–H and O–H groups in total. The number of alkyl halides is 3. The topological polar surface area (TPSA) is 97.8 Å². The average Bonchev–Trinajstić information content (AvgIpc) is 2.84.